The summed E-state index contributed by atoms with van der Waals surface area (Å²) in [7, 11) is 1.96. The normalized spacial score (nSPS) is 17.5. The molecule has 15 heavy (non-hydrogen) atoms. The minimum atomic E-state index is 0.00510. The highest BCUT2D eigenvalue weighted by Crippen LogP contribution is 2.05. The fourth-order valence-corrected chi connectivity index (χ4v) is 1.40. The molecule has 0 aromatic heterocycles. The van der Waals surface area contributed by atoms with E-state index in [1.165, 1.54) is 0 Å². The van der Waals surface area contributed by atoms with Crippen LogP contribution in [0.2, 0.25) is 0 Å². The summed E-state index contributed by atoms with van der Waals surface area (Å²) in [6.45, 7) is 7.17. The molecular formula is C13H24N2. The Hall–Kier alpha value is -0.860. The minimum Gasteiger partial charge on any atom is -0.321 e. The predicted octanol–water partition coefficient (Wildman–Crippen LogP) is 2.25. The van der Waals surface area contributed by atoms with Gasteiger partial charge in [-0.3, -0.25) is 0 Å². The van der Waals surface area contributed by atoms with Crippen molar-refractivity contribution in [2.75, 3.05) is 13.6 Å². The van der Waals surface area contributed by atoms with Crippen LogP contribution in [-0.4, -0.2) is 19.6 Å². The lowest BCUT2D eigenvalue weighted by molar-refractivity contribution is 0.647. The molecule has 0 radical (unpaired) electrons. The minimum absolute atomic E-state index is 0.00510. The molecule has 0 saturated heterocycles. The first-order valence-electron chi connectivity index (χ1n) is 5.53. The van der Waals surface area contributed by atoms with Crippen LogP contribution in [-0.2, 0) is 0 Å². The van der Waals surface area contributed by atoms with Crippen molar-refractivity contribution in [2.24, 2.45) is 11.7 Å². The van der Waals surface area contributed by atoms with E-state index < -0.39 is 0 Å². The second-order valence-electron chi connectivity index (χ2n) is 3.73. The lowest BCUT2D eigenvalue weighted by Gasteiger charge is -2.09. The molecule has 3 N–H and O–H groups in total. The maximum atomic E-state index is 6.03. The SMILES string of the molecule is C/C=C\C(=C/C)C(N)/C=C\C(C)CNC. The van der Waals surface area contributed by atoms with Crippen LogP contribution in [0.1, 0.15) is 20.8 Å². The number of allylic oxidation sites excluding steroid dienone is 2. The van der Waals surface area contributed by atoms with Gasteiger partial charge in [0.2, 0.25) is 0 Å². The van der Waals surface area contributed by atoms with Gasteiger partial charge in [0.25, 0.3) is 0 Å². The van der Waals surface area contributed by atoms with Crippen LogP contribution in [0.3, 0.4) is 0 Å². The molecule has 0 aliphatic rings. The van der Waals surface area contributed by atoms with E-state index in [9.17, 15) is 0 Å². The van der Waals surface area contributed by atoms with E-state index in [1.54, 1.807) is 0 Å². The van der Waals surface area contributed by atoms with Gasteiger partial charge in [-0.15, -0.1) is 0 Å². The molecule has 0 aromatic rings. The average Bonchev–Trinajstić information content (AvgIpc) is 2.23. The summed E-state index contributed by atoms with van der Waals surface area (Å²) < 4.78 is 0. The highest BCUT2D eigenvalue weighted by molar-refractivity contribution is 5.27. The van der Waals surface area contributed by atoms with E-state index in [2.05, 4.69) is 36.5 Å². The standard InChI is InChI=1S/C13H24N2/c1-5-7-12(6-2)13(14)9-8-11(3)10-15-4/h5-9,11,13,15H,10,14H2,1-4H3/b7-5-,9-8-,12-6+. The molecule has 0 fully saturated rings. The van der Waals surface area contributed by atoms with Gasteiger partial charge in [0.15, 0.2) is 0 Å². The maximum absolute atomic E-state index is 6.03. The molecule has 2 atom stereocenters. The first-order valence-corrected chi connectivity index (χ1v) is 5.53. The first-order chi connectivity index (χ1) is 7.15. The molecule has 2 nitrogen and oxygen atoms in total. The zero-order valence-corrected chi connectivity index (χ0v) is 10.3. The molecule has 0 bridgehead atoms. The number of nitrogens with two attached hydrogens (primary N) is 1. The number of rotatable bonds is 6. The Morgan fingerprint density at radius 1 is 1.33 bits per heavy atom. The molecular weight excluding hydrogens is 184 g/mol. The summed E-state index contributed by atoms with van der Waals surface area (Å²) in [6, 6.07) is 0.00510. The van der Waals surface area contributed by atoms with Crippen molar-refractivity contribution in [3.63, 3.8) is 0 Å². The summed E-state index contributed by atoms with van der Waals surface area (Å²) in [5.41, 5.74) is 7.19. The number of nitrogens with one attached hydrogen (secondary N) is 1. The largest absolute Gasteiger partial charge is 0.321 e. The van der Waals surface area contributed by atoms with Gasteiger partial charge in [0.1, 0.15) is 0 Å². The van der Waals surface area contributed by atoms with E-state index in [1.807, 2.05) is 27.0 Å². The lowest BCUT2D eigenvalue weighted by Crippen LogP contribution is -2.20. The third-order valence-corrected chi connectivity index (χ3v) is 2.25. The van der Waals surface area contributed by atoms with Gasteiger partial charge in [-0.2, -0.15) is 0 Å². The van der Waals surface area contributed by atoms with E-state index in [4.69, 9.17) is 5.73 Å². The summed E-state index contributed by atoms with van der Waals surface area (Å²) in [6.07, 6.45) is 10.3. The van der Waals surface area contributed by atoms with Crippen LogP contribution in [0.5, 0.6) is 0 Å². The fourth-order valence-electron chi connectivity index (χ4n) is 1.40. The van der Waals surface area contributed by atoms with Crippen LogP contribution in [0.25, 0.3) is 0 Å². The second-order valence-corrected chi connectivity index (χ2v) is 3.73. The summed E-state index contributed by atoms with van der Waals surface area (Å²) in [5.74, 6) is 0.518. The molecule has 0 amide bonds. The summed E-state index contributed by atoms with van der Waals surface area (Å²) in [4.78, 5) is 0. The summed E-state index contributed by atoms with van der Waals surface area (Å²) in [5, 5.41) is 3.14. The number of hydrogen-bond donors (Lipinski definition) is 2. The average molecular weight is 208 g/mol. The Morgan fingerprint density at radius 2 is 2.00 bits per heavy atom. The first kappa shape index (κ1) is 14.1. The smallest absolute Gasteiger partial charge is 0.0477 e. The zero-order chi connectivity index (χ0) is 11.7. The molecule has 2 unspecified atom stereocenters. The maximum Gasteiger partial charge on any atom is 0.0477 e. The highest BCUT2D eigenvalue weighted by Gasteiger charge is 2.01. The molecule has 2 heteroatoms. The molecule has 0 aromatic carbocycles. The Kier molecular flexibility index (Phi) is 7.96. The Labute approximate surface area is 93.9 Å². The van der Waals surface area contributed by atoms with E-state index in [-0.39, 0.29) is 6.04 Å². The van der Waals surface area contributed by atoms with Crippen molar-refractivity contribution in [2.45, 2.75) is 26.8 Å². The van der Waals surface area contributed by atoms with E-state index >= 15 is 0 Å². The summed E-state index contributed by atoms with van der Waals surface area (Å²) >= 11 is 0. The second kappa shape index (κ2) is 8.45. The third-order valence-electron chi connectivity index (χ3n) is 2.25. The van der Waals surface area contributed by atoms with Crippen molar-refractivity contribution in [1.29, 1.82) is 0 Å². The van der Waals surface area contributed by atoms with Gasteiger partial charge < -0.3 is 11.1 Å². The molecule has 0 spiro atoms. The van der Waals surface area contributed by atoms with Crippen molar-refractivity contribution in [3.8, 4) is 0 Å². The van der Waals surface area contributed by atoms with Gasteiger partial charge in [0.05, 0.1) is 0 Å². The van der Waals surface area contributed by atoms with Gasteiger partial charge in [0, 0.05) is 12.6 Å². The Bertz CT molecular complexity index is 239. The third kappa shape index (κ3) is 6.26. The van der Waals surface area contributed by atoms with Gasteiger partial charge in [-0.1, -0.05) is 37.3 Å². The predicted molar refractivity (Wildman–Crippen MR) is 68.8 cm³/mol. The monoisotopic (exact) mass is 208 g/mol. The Balaban J connectivity index is 4.27. The van der Waals surface area contributed by atoms with Crippen LogP contribution < -0.4 is 11.1 Å². The zero-order valence-electron chi connectivity index (χ0n) is 10.3. The molecule has 86 valence electrons. The molecule has 0 aliphatic carbocycles. The fraction of sp³-hybridized carbons (Fsp3) is 0.538. The van der Waals surface area contributed by atoms with Crippen LogP contribution in [0, 0.1) is 5.92 Å². The van der Waals surface area contributed by atoms with Crippen molar-refractivity contribution < 1.29 is 0 Å². The molecule has 0 heterocycles. The number of hydrogen-bond acceptors (Lipinski definition) is 2. The van der Waals surface area contributed by atoms with Gasteiger partial charge in [-0.25, -0.2) is 0 Å². The van der Waals surface area contributed by atoms with E-state index in [0.29, 0.717) is 5.92 Å². The van der Waals surface area contributed by atoms with Crippen LogP contribution >= 0.6 is 0 Å². The Morgan fingerprint density at radius 3 is 2.47 bits per heavy atom. The van der Waals surface area contributed by atoms with E-state index in [0.717, 1.165) is 12.1 Å². The molecule has 0 rings (SSSR count). The van der Waals surface area contributed by atoms with Crippen molar-refractivity contribution in [1.82, 2.24) is 5.32 Å². The van der Waals surface area contributed by atoms with Crippen molar-refractivity contribution in [3.05, 3.63) is 36.0 Å². The lowest BCUT2D eigenvalue weighted by atomic mass is 10.0. The van der Waals surface area contributed by atoms with Gasteiger partial charge >= 0.3 is 0 Å². The quantitative estimate of drug-likeness (QED) is 0.519. The van der Waals surface area contributed by atoms with Crippen LogP contribution in [0.4, 0.5) is 0 Å². The molecule has 0 saturated carbocycles. The topological polar surface area (TPSA) is 38.0 Å². The van der Waals surface area contributed by atoms with Crippen molar-refractivity contribution >= 4 is 0 Å². The van der Waals surface area contributed by atoms with Crippen LogP contribution in [0.15, 0.2) is 36.0 Å². The van der Waals surface area contributed by atoms with Gasteiger partial charge in [-0.05, 0) is 32.4 Å². The highest BCUT2D eigenvalue weighted by atomic mass is 14.8. The molecule has 0 aliphatic heterocycles.